The summed E-state index contributed by atoms with van der Waals surface area (Å²) in [6.07, 6.45) is -2.04. The highest BCUT2D eigenvalue weighted by Gasteiger charge is 2.41. The van der Waals surface area contributed by atoms with Gasteiger partial charge in [-0.3, -0.25) is 4.98 Å². The average Bonchev–Trinajstić information content (AvgIpc) is 2.46. The fraction of sp³-hybridized carbons (Fsp3) is 0.357. The molecule has 0 radical (unpaired) electrons. The number of fused-ring (bicyclic) bond motifs is 1. The van der Waals surface area contributed by atoms with Crippen molar-refractivity contribution >= 4 is 10.8 Å². The lowest BCUT2D eigenvalue weighted by atomic mass is 10.0. The molecular weight excluding hydrogens is 290 g/mol. The van der Waals surface area contributed by atoms with E-state index in [1.165, 1.54) is 6.20 Å². The van der Waals surface area contributed by atoms with Gasteiger partial charge in [0.05, 0.1) is 6.61 Å². The second-order valence-corrected chi connectivity index (χ2v) is 4.54. The molecule has 2 rings (SSSR count). The Morgan fingerprint density at radius 1 is 1.19 bits per heavy atom. The fourth-order valence-corrected chi connectivity index (χ4v) is 1.86. The van der Waals surface area contributed by atoms with Crippen molar-refractivity contribution in [1.82, 2.24) is 4.98 Å². The van der Waals surface area contributed by atoms with Gasteiger partial charge in [-0.2, -0.15) is 8.78 Å². The van der Waals surface area contributed by atoms with Gasteiger partial charge in [0.1, 0.15) is 12.7 Å². The first-order valence-electron chi connectivity index (χ1n) is 6.16. The van der Waals surface area contributed by atoms with Gasteiger partial charge in [-0.25, -0.2) is 8.78 Å². The van der Waals surface area contributed by atoms with Crippen molar-refractivity contribution < 1.29 is 27.4 Å². The van der Waals surface area contributed by atoms with E-state index in [1.54, 1.807) is 30.5 Å². The summed E-state index contributed by atoms with van der Waals surface area (Å²) in [5, 5.41) is 11.4. The van der Waals surface area contributed by atoms with Crippen LogP contribution < -0.4 is 0 Å². The molecule has 0 aliphatic rings. The first-order chi connectivity index (χ1) is 9.92. The molecule has 0 aliphatic heterocycles. The zero-order valence-corrected chi connectivity index (χ0v) is 10.8. The van der Waals surface area contributed by atoms with Crippen molar-refractivity contribution in [3.05, 3.63) is 42.2 Å². The second-order valence-electron chi connectivity index (χ2n) is 4.54. The molecule has 7 heteroatoms. The quantitative estimate of drug-likeness (QED) is 0.833. The minimum absolute atomic E-state index is 0.397. The second kappa shape index (κ2) is 6.36. The summed E-state index contributed by atoms with van der Waals surface area (Å²) in [6, 6.07) is 7.07. The Kier molecular flexibility index (Phi) is 4.74. The maximum atomic E-state index is 12.7. The Balaban J connectivity index is 2.04. The first kappa shape index (κ1) is 15.7. The van der Waals surface area contributed by atoms with Crippen LogP contribution in [0.2, 0.25) is 0 Å². The van der Waals surface area contributed by atoms with E-state index in [0.717, 1.165) is 5.39 Å². The van der Waals surface area contributed by atoms with Crippen molar-refractivity contribution in [1.29, 1.82) is 0 Å². The topological polar surface area (TPSA) is 42.4 Å². The van der Waals surface area contributed by atoms with E-state index in [9.17, 15) is 22.7 Å². The van der Waals surface area contributed by atoms with E-state index >= 15 is 0 Å². The zero-order valence-electron chi connectivity index (χ0n) is 10.8. The zero-order chi connectivity index (χ0) is 15.5. The molecule has 1 aromatic heterocycles. The van der Waals surface area contributed by atoms with Crippen molar-refractivity contribution in [3.63, 3.8) is 0 Å². The minimum Gasteiger partial charge on any atom is -0.386 e. The first-order valence-corrected chi connectivity index (χ1v) is 6.16. The van der Waals surface area contributed by atoms with Gasteiger partial charge in [0.25, 0.3) is 0 Å². The number of nitrogens with zero attached hydrogens (tertiary/aromatic N) is 1. The predicted octanol–water partition coefficient (Wildman–Crippen LogP) is 3.19. The van der Waals surface area contributed by atoms with Gasteiger partial charge in [0.2, 0.25) is 0 Å². The van der Waals surface area contributed by atoms with Crippen LogP contribution in [0.4, 0.5) is 17.6 Å². The number of rotatable bonds is 6. The number of hydrogen-bond acceptors (Lipinski definition) is 3. The summed E-state index contributed by atoms with van der Waals surface area (Å²) in [5.74, 6) is -4.23. The highest BCUT2D eigenvalue weighted by molar-refractivity contribution is 5.84. The Morgan fingerprint density at radius 3 is 2.62 bits per heavy atom. The molecule has 0 saturated heterocycles. The van der Waals surface area contributed by atoms with Gasteiger partial charge in [0.15, 0.2) is 0 Å². The summed E-state index contributed by atoms with van der Waals surface area (Å²) in [6.45, 7) is -1.96. The molecular formula is C14H13F4NO2. The molecule has 1 unspecified atom stereocenters. The maximum absolute atomic E-state index is 12.7. The van der Waals surface area contributed by atoms with E-state index in [4.69, 9.17) is 0 Å². The maximum Gasteiger partial charge on any atom is 0.330 e. The van der Waals surface area contributed by atoms with Gasteiger partial charge in [-0.05, 0) is 5.39 Å². The standard InChI is InChI=1S/C14H13F4NO2/c15-13(16)14(17,18)8-21-7-12(20)11-6-19-5-9-3-1-2-4-10(9)11/h1-6,12-13,20H,7-8H2. The van der Waals surface area contributed by atoms with Crippen molar-refractivity contribution in [2.24, 2.45) is 0 Å². The smallest absolute Gasteiger partial charge is 0.330 e. The molecule has 0 amide bonds. The number of pyridine rings is 1. The minimum atomic E-state index is -4.23. The molecule has 114 valence electrons. The van der Waals surface area contributed by atoms with Gasteiger partial charge < -0.3 is 9.84 Å². The monoisotopic (exact) mass is 303 g/mol. The van der Waals surface area contributed by atoms with E-state index in [1.807, 2.05) is 0 Å². The number of aromatic nitrogens is 1. The van der Waals surface area contributed by atoms with Gasteiger partial charge in [-0.15, -0.1) is 0 Å². The number of hydrogen-bond donors (Lipinski definition) is 1. The third-order valence-electron chi connectivity index (χ3n) is 2.95. The highest BCUT2D eigenvalue weighted by Crippen LogP contribution is 2.26. The molecule has 0 fully saturated rings. The third kappa shape index (κ3) is 3.68. The molecule has 2 aromatic rings. The molecule has 1 aromatic carbocycles. The number of benzene rings is 1. The Labute approximate surface area is 118 Å². The molecule has 3 nitrogen and oxygen atoms in total. The normalized spacial score (nSPS) is 13.8. The molecule has 0 bridgehead atoms. The molecule has 1 heterocycles. The van der Waals surface area contributed by atoms with Crippen LogP contribution in [0.3, 0.4) is 0 Å². The fourth-order valence-electron chi connectivity index (χ4n) is 1.86. The average molecular weight is 303 g/mol. The van der Waals surface area contributed by atoms with E-state index in [2.05, 4.69) is 9.72 Å². The van der Waals surface area contributed by atoms with Crippen LogP contribution in [0, 0.1) is 0 Å². The number of aliphatic hydroxyl groups excluding tert-OH is 1. The van der Waals surface area contributed by atoms with Crippen LogP contribution in [0.15, 0.2) is 36.7 Å². The Hall–Kier alpha value is -1.73. The van der Waals surface area contributed by atoms with Crippen LogP contribution in [-0.4, -0.2) is 35.7 Å². The number of aliphatic hydroxyl groups is 1. The van der Waals surface area contributed by atoms with Crippen LogP contribution >= 0.6 is 0 Å². The molecule has 1 N–H and O–H groups in total. The number of halogens is 4. The van der Waals surface area contributed by atoms with Crippen LogP contribution in [0.5, 0.6) is 0 Å². The summed E-state index contributed by atoms with van der Waals surface area (Å²) in [7, 11) is 0. The van der Waals surface area contributed by atoms with E-state index in [0.29, 0.717) is 10.9 Å². The summed E-state index contributed by atoms with van der Waals surface area (Å²) in [5.41, 5.74) is 0.397. The SMILES string of the molecule is OC(COCC(F)(F)C(F)F)c1cncc2ccccc12. The van der Waals surface area contributed by atoms with Crippen molar-refractivity contribution in [2.75, 3.05) is 13.2 Å². The Bertz CT molecular complexity index is 601. The predicted molar refractivity (Wildman–Crippen MR) is 68.5 cm³/mol. The van der Waals surface area contributed by atoms with Crippen LogP contribution in [0.1, 0.15) is 11.7 Å². The molecule has 21 heavy (non-hydrogen) atoms. The molecule has 1 atom stereocenters. The lowest BCUT2D eigenvalue weighted by molar-refractivity contribution is -0.170. The lowest BCUT2D eigenvalue weighted by Gasteiger charge is -2.18. The van der Waals surface area contributed by atoms with Gasteiger partial charge in [0, 0.05) is 23.3 Å². The highest BCUT2D eigenvalue weighted by atomic mass is 19.3. The van der Waals surface area contributed by atoms with Crippen LogP contribution in [0.25, 0.3) is 10.8 Å². The molecule has 0 spiro atoms. The largest absolute Gasteiger partial charge is 0.386 e. The van der Waals surface area contributed by atoms with Gasteiger partial charge >= 0.3 is 12.3 Å². The summed E-state index contributed by atoms with van der Waals surface area (Å²) in [4.78, 5) is 3.94. The van der Waals surface area contributed by atoms with Gasteiger partial charge in [-0.1, -0.05) is 24.3 Å². The summed E-state index contributed by atoms with van der Waals surface area (Å²) >= 11 is 0. The summed E-state index contributed by atoms with van der Waals surface area (Å²) < 4.78 is 53.8. The Morgan fingerprint density at radius 2 is 1.90 bits per heavy atom. The third-order valence-corrected chi connectivity index (χ3v) is 2.95. The number of ether oxygens (including phenoxy) is 1. The molecule has 0 saturated carbocycles. The van der Waals surface area contributed by atoms with E-state index in [-0.39, 0.29) is 0 Å². The lowest BCUT2D eigenvalue weighted by Crippen LogP contribution is -2.33. The van der Waals surface area contributed by atoms with Crippen LogP contribution in [-0.2, 0) is 4.74 Å². The number of alkyl halides is 4. The van der Waals surface area contributed by atoms with Crippen molar-refractivity contribution in [2.45, 2.75) is 18.5 Å². The molecule has 0 aliphatic carbocycles. The van der Waals surface area contributed by atoms with Crippen molar-refractivity contribution in [3.8, 4) is 0 Å². The van der Waals surface area contributed by atoms with E-state index < -0.39 is 31.7 Å².